The van der Waals surface area contributed by atoms with Gasteiger partial charge in [-0.2, -0.15) is 0 Å². The highest BCUT2D eigenvalue weighted by atomic mass is 16.5. The van der Waals surface area contributed by atoms with Gasteiger partial charge in [0.05, 0.1) is 11.8 Å². The van der Waals surface area contributed by atoms with Gasteiger partial charge in [-0.15, -0.1) is 0 Å². The maximum Gasteiger partial charge on any atom is 0.193 e. The summed E-state index contributed by atoms with van der Waals surface area (Å²) in [6, 6.07) is 2.54. The maximum atomic E-state index is 5.99. The second-order valence-electron chi connectivity index (χ2n) is 8.20. The number of hydrogen-bond donors (Lipinski definition) is 1. The Hall–Kier alpha value is -1.60. The molecule has 2 unspecified atom stereocenters. The Labute approximate surface area is 162 Å². The minimum Gasteiger partial charge on any atom is -0.378 e. The zero-order chi connectivity index (χ0) is 18.9. The topological polar surface area (TPSA) is 66.1 Å². The molecule has 1 aromatic heterocycles. The van der Waals surface area contributed by atoms with E-state index in [0.717, 1.165) is 63.2 Å². The Kier molecular flexibility index (Phi) is 5.41. The number of aromatic nitrogens is 1. The SMILES string of the molecule is CCOC1CC(NC(=NC)N2CCN(Cc3cc(C)on3)CC2)C12CCC2. The molecular formula is C20H33N5O2. The first-order chi connectivity index (χ1) is 13.1. The predicted molar refractivity (Wildman–Crippen MR) is 105 cm³/mol. The lowest BCUT2D eigenvalue weighted by Crippen LogP contribution is -2.69. The van der Waals surface area contributed by atoms with Crippen LogP contribution >= 0.6 is 0 Å². The average Bonchev–Trinajstić information content (AvgIpc) is 3.02. The Morgan fingerprint density at radius 1 is 1.37 bits per heavy atom. The summed E-state index contributed by atoms with van der Waals surface area (Å²) in [6.07, 6.45) is 5.46. The number of aryl methyl sites for hydroxylation is 1. The summed E-state index contributed by atoms with van der Waals surface area (Å²) >= 11 is 0. The zero-order valence-corrected chi connectivity index (χ0v) is 16.9. The fourth-order valence-electron chi connectivity index (χ4n) is 4.93. The van der Waals surface area contributed by atoms with Crippen molar-refractivity contribution in [2.75, 3.05) is 39.8 Å². The largest absolute Gasteiger partial charge is 0.378 e. The fraction of sp³-hybridized carbons (Fsp3) is 0.800. The molecule has 3 aliphatic rings. The molecular weight excluding hydrogens is 342 g/mol. The molecule has 1 aromatic rings. The minimum absolute atomic E-state index is 0.360. The molecule has 27 heavy (non-hydrogen) atoms. The second kappa shape index (κ2) is 7.80. The molecule has 1 N–H and O–H groups in total. The Bertz CT molecular complexity index is 661. The van der Waals surface area contributed by atoms with Gasteiger partial charge in [0.2, 0.25) is 0 Å². The number of aliphatic imine (C=N–C) groups is 1. The van der Waals surface area contributed by atoms with E-state index >= 15 is 0 Å². The van der Waals surface area contributed by atoms with E-state index in [1.54, 1.807) is 0 Å². The molecule has 2 saturated carbocycles. The van der Waals surface area contributed by atoms with E-state index in [1.807, 2.05) is 20.0 Å². The van der Waals surface area contributed by atoms with Crippen LogP contribution in [0.4, 0.5) is 0 Å². The monoisotopic (exact) mass is 375 g/mol. The van der Waals surface area contributed by atoms with E-state index in [9.17, 15) is 0 Å². The van der Waals surface area contributed by atoms with Gasteiger partial charge in [-0.3, -0.25) is 9.89 Å². The van der Waals surface area contributed by atoms with Crippen molar-refractivity contribution in [2.24, 2.45) is 10.4 Å². The standard InChI is InChI=1S/C20H33N5O2/c1-4-26-18-13-17(20(18)6-5-7-20)22-19(21-3)25-10-8-24(9-11-25)14-16-12-15(2)27-23-16/h12,17-18H,4-11,13-14H2,1-3H3,(H,21,22). The average molecular weight is 376 g/mol. The number of hydrogen-bond acceptors (Lipinski definition) is 5. The highest BCUT2D eigenvalue weighted by Gasteiger charge is 2.59. The van der Waals surface area contributed by atoms with Crippen molar-refractivity contribution in [1.82, 2.24) is 20.3 Å². The van der Waals surface area contributed by atoms with Gasteiger partial charge in [0.15, 0.2) is 5.96 Å². The van der Waals surface area contributed by atoms with E-state index in [0.29, 0.717) is 17.6 Å². The minimum atomic E-state index is 0.360. The number of piperazine rings is 1. The Morgan fingerprint density at radius 2 is 2.15 bits per heavy atom. The molecule has 0 amide bonds. The smallest absolute Gasteiger partial charge is 0.193 e. The van der Waals surface area contributed by atoms with E-state index in [1.165, 1.54) is 19.3 Å². The molecule has 7 nitrogen and oxygen atoms in total. The highest BCUT2D eigenvalue weighted by molar-refractivity contribution is 5.80. The molecule has 7 heteroatoms. The number of guanidine groups is 1. The Morgan fingerprint density at radius 3 is 2.70 bits per heavy atom. The summed E-state index contributed by atoms with van der Waals surface area (Å²) in [7, 11) is 1.90. The molecule has 0 radical (unpaired) electrons. The lowest BCUT2D eigenvalue weighted by molar-refractivity contribution is -0.169. The first-order valence-electron chi connectivity index (χ1n) is 10.4. The van der Waals surface area contributed by atoms with Gasteiger partial charge < -0.3 is 19.5 Å². The Balaban J connectivity index is 1.28. The van der Waals surface area contributed by atoms with Crippen molar-refractivity contribution in [3.63, 3.8) is 0 Å². The zero-order valence-electron chi connectivity index (χ0n) is 16.9. The number of ether oxygens (including phenoxy) is 1. The van der Waals surface area contributed by atoms with Crippen molar-refractivity contribution in [3.05, 3.63) is 17.5 Å². The third-order valence-corrected chi connectivity index (χ3v) is 6.69. The summed E-state index contributed by atoms with van der Waals surface area (Å²) in [4.78, 5) is 9.41. The van der Waals surface area contributed by atoms with E-state index < -0.39 is 0 Å². The van der Waals surface area contributed by atoms with Crippen molar-refractivity contribution in [2.45, 2.75) is 58.2 Å². The summed E-state index contributed by atoms with van der Waals surface area (Å²) in [5.41, 5.74) is 1.38. The molecule has 4 rings (SSSR count). The lowest BCUT2D eigenvalue weighted by atomic mass is 9.51. The van der Waals surface area contributed by atoms with E-state index in [-0.39, 0.29) is 0 Å². The molecule has 2 atom stereocenters. The number of rotatable bonds is 5. The summed E-state index contributed by atoms with van der Waals surface area (Å²) in [6.45, 7) is 9.74. The molecule has 0 bridgehead atoms. The quantitative estimate of drug-likeness (QED) is 0.627. The molecule has 2 aliphatic carbocycles. The highest BCUT2D eigenvalue weighted by Crippen LogP contribution is 2.57. The predicted octanol–water partition coefficient (Wildman–Crippen LogP) is 2.02. The van der Waals surface area contributed by atoms with Crippen LogP contribution in [0.5, 0.6) is 0 Å². The van der Waals surface area contributed by atoms with Gasteiger partial charge >= 0.3 is 0 Å². The van der Waals surface area contributed by atoms with Crippen LogP contribution in [-0.4, -0.2) is 72.9 Å². The molecule has 0 aromatic carbocycles. The van der Waals surface area contributed by atoms with Gasteiger partial charge in [0.1, 0.15) is 5.76 Å². The lowest BCUT2D eigenvalue weighted by Gasteiger charge is -2.61. The first-order valence-corrected chi connectivity index (χ1v) is 10.4. The van der Waals surface area contributed by atoms with Crippen LogP contribution in [0, 0.1) is 12.3 Å². The summed E-state index contributed by atoms with van der Waals surface area (Å²) < 4.78 is 11.2. The third-order valence-electron chi connectivity index (χ3n) is 6.69. The third kappa shape index (κ3) is 3.59. The van der Waals surface area contributed by atoms with Gasteiger partial charge in [0, 0.05) is 63.9 Å². The van der Waals surface area contributed by atoms with Crippen molar-refractivity contribution >= 4 is 5.96 Å². The molecule has 2 heterocycles. The number of nitrogens with one attached hydrogen (secondary N) is 1. The van der Waals surface area contributed by atoms with Crippen LogP contribution in [0.1, 0.15) is 44.1 Å². The normalized spacial score (nSPS) is 28.1. The van der Waals surface area contributed by atoms with Crippen LogP contribution in [0.25, 0.3) is 0 Å². The van der Waals surface area contributed by atoms with Crippen molar-refractivity contribution < 1.29 is 9.26 Å². The van der Waals surface area contributed by atoms with Gasteiger partial charge in [0.25, 0.3) is 0 Å². The van der Waals surface area contributed by atoms with Crippen LogP contribution < -0.4 is 5.32 Å². The van der Waals surface area contributed by atoms with Crippen LogP contribution in [0.3, 0.4) is 0 Å². The van der Waals surface area contributed by atoms with Gasteiger partial charge in [-0.25, -0.2) is 0 Å². The van der Waals surface area contributed by atoms with E-state index in [2.05, 4.69) is 32.2 Å². The van der Waals surface area contributed by atoms with Crippen molar-refractivity contribution in [3.8, 4) is 0 Å². The summed E-state index contributed by atoms with van der Waals surface area (Å²) in [5.74, 6) is 1.93. The summed E-state index contributed by atoms with van der Waals surface area (Å²) in [5, 5.41) is 7.89. The molecule has 1 aliphatic heterocycles. The van der Waals surface area contributed by atoms with Gasteiger partial charge in [-0.05, 0) is 33.1 Å². The molecule has 1 spiro atoms. The number of nitrogens with zero attached hydrogens (tertiary/aromatic N) is 4. The van der Waals surface area contributed by atoms with E-state index in [4.69, 9.17) is 9.26 Å². The van der Waals surface area contributed by atoms with Gasteiger partial charge in [-0.1, -0.05) is 11.6 Å². The maximum absolute atomic E-state index is 5.99. The molecule has 150 valence electrons. The fourth-order valence-corrected chi connectivity index (χ4v) is 4.93. The van der Waals surface area contributed by atoms with Crippen LogP contribution in [0.15, 0.2) is 15.6 Å². The van der Waals surface area contributed by atoms with Crippen LogP contribution in [-0.2, 0) is 11.3 Å². The van der Waals surface area contributed by atoms with Crippen molar-refractivity contribution in [1.29, 1.82) is 0 Å². The molecule has 1 saturated heterocycles. The van der Waals surface area contributed by atoms with Crippen LogP contribution in [0.2, 0.25) is 0 Å². The second-order valence-corrected chi connectivity index (χ2v) is 8.20. The first kappa shape index (κ1) is 18.7. The molecule has 3 fully saturated rings.